The number of benzene rings is 1. The Morgan fingerprint density at radius 1 is 1.21 bits per heavy atom. The van der Waals surface area contributed by atoms with Crippen LogP contribution in [-0.2, 0) is 0 Å². The number of pyridine rings is 1. The molecule has 1 heterocycles. The van der Waals surface area contributed by atoms with Crippen LogP contribution < -0.4 is 10.5 Å². The van der Waals surface area contributed by atoms with Crippen LogP contribution in [0.15, 0.2) is 36.5 Å². The summed E-state index contributed by atoms with van der Waals surface area (Å²) in [4.78, 5) is 4.39. The third-order valence-electron chi connectivity index (χ3n) is 4.03. The molecule has 0 saturated heterocycles. The Balaban J connectivity index is 1.71. The van der Waals surface area contributed by atoms with Gasteiger partial charge < -0.3 is 10.5 Å². The highest BCUT2D eigenvalue weighted by molar-refractivity contribution is 5.84. The number of hydrogen-bond acceptors (Lipinski definition) is 3. The third-order valence-corrected chi connectivity index (χ3v) is 4.03. The van der Waals surface area contributed by atoms with E-state index in [4.69, 9.17) is 10.5 Å². The summed E-state index contributed by atoms with van der Waals surface area (Å²) in [6, 6.07) is 10.1. The maximum Gasteiger partial charge on any atom is 0.145 e. The van der Waals surface area contributed by atoms with E-state index >= 15 is 0 Å². The van der Waals surface area contributed by atoms with Gasteiger partial charge in [0.2, 0.25) is 0 Å². The standard InChI is InChI=1S/C16H20N2O/c17-14(12-5-1-2-6-12)11-19-15-9-3-7-13-8-4-10-18-16(13)15/h3-4,7-10,12,14H,1-2,5-6,11,17H2. The smallest absolute Gasteiger partial charge is 0.145 e. The first-order valence-electron chi connectivity index (χ1n) is 7.07. The van der Waals surface area contributed by atoms with Crippen LogP contribution in [0.2, 0.25) is 0 Å². The minimum Gasteiger partial charge on any atom is -0.490 e. The minimum atomic E-state index is 0.140. The number of fused-ring (bicyclic) bond motifs is 1. The number of ether oxygens (including phenoxy) is 1. The summed E-state index contributed by atoms with van der Waals surface area (Å²) in [5.74, 6) is 1.47. The van der Waals surface area contributed by atoms with Gasteiger partial charge in [-0.2, -0.15) is 0 Å². The Hall–Kier alpha value is -1.61. The zero-order valence-corrected chi connectivity index (χ0v) is 11.1. The van der Waals surface area contributed by atoms with Crippen LogP contribution in [0.25, 0.3) is 10.9 Å². The van der Waals surface area contributed by atoms with Crippen molar-refractivity contribution in [3.8, 4) is 5.75 Å². The molecule has 3 heteroatoms. The number of para-hydroxylation sites is 1. The first-order chi connectivity index (χ1) is 9.34. The lowest BCUT2D eigenvalue weighted by Crippen LogP contribution is -2.34. The van der Waals surface area contributed by atoms with Crippen molar-refractivity contribution < 1.29 is 4.74 Å². The summed E-state index contributed by atoms with van der Waals surface area (Å²) in [7, 11) is 0. The van der Waals surface area contributed by atoms with Crippen molar-refractivity contribution in [1.29, 1.82) is 0 Å². The van der Waals surface area contributed by atoms with Gasteiger partial charge in [-0.05, 0) is 30.9 Å². The van der Waals surface area contributed by atoms with Gasteiger partial charge in [-0.25, -0.2) is 0 Å². The molecular weight excluding hydrogens is 236 g/mol. The number of nitrogens with zero attached hydrogens (tertiary/aromatic N) is 1. The lowest BCUT2D eigenvalue weighted by Gasteiger charge is -2.19. The van der Waals surface area contributed by atoms with E-state index in [1.54, 1.807) is 6.20 Å². The first kappa shape index (κ1) is 12.4. The molecule has 1 saturated carbocycles. The highest BCUT2D eigenvalue weighted by atomic mass is 16.5. The van der Waals surface area contributed by atoms with Crippen LogP contribution in [0.1, 0.15) is 25.7 Å². The number of nitrogens with two attached hydrogens (primary N) is 1. The van der Waals surface area contributed by atoms with Crippen molar-refractivity contribution in [2.75, 3.05) is 6.61 Å². The SMILES string of the molecule is NC(COc1cccc2cccnc12)C1CCCC1. The van der Waals surface area contributed by atoms with Crippen LogP contribution in [0.3, 0.4) is 0 Å². The lowest BCUT2D eigenvalue weighted by atomic mass is 10.00. The zero-order chi connectivity index (χ0) is 13.1. The molecule has 0 bridgehead atoms. The average molecular weight is 256 g/mol. The van der Waals surface area contributed by atoms with Crippen LogP contribution >= 0.6 is 0 Å². The van der Waals surface area contributed by atoms with Gasteiger partial charge in [-0.15, -0.1) is 0 Å². The largest absolute Gasteiger partial charge is 0.490 e. The Morgan fingerprint density at radius 2 is 2.00 bits per heavy atom. The lowest BCUT2D eigenvalue weighted by molar-refractivity contribution is 0.249. The van der Waals surface area contributed by atoms with E-state index in [1.807, 2.05) is 30.3 Å². The first-order valence-corrected chi connectivity index (χ1v) is 7.07. The molecule has 100 valence electrons. The molecule has 1 aliphatic rings. The van der Waals surface area contributed by atoms with Crippen molar-refractivity contribution in [2.45, 2.75) is 31.7 Å². The van der Waals surface area contributed by atoms with Crippen molar-refractivity contribution in [3.05, 3.63) is 36.5 Å². The summed E-state index contributed by atoms with van der Waals surface area (Å²) < 4.78 is 5.91. The minimum absolute atomic E-state index is 0.140. The van der Waals surface area contributed by atoms with Gasteiger partial charge in [-0.1, -0.05) is 31.0 Å². The molecule has 1 aromatic heterocycles. The van der Waals surface area contributed by atoms with Gasteiger partial charge in [0.25, 0.3) is 0 Å². The van der Waals surface area contributed by atoms with Gasteiger partial charge in [0, 0.05) is 17.6 Å². The summed E-state index contributed by atoms with van der Waals surface area (Å²) in [5, 5.41) is 1.11. The maximum absolute atomic E-state index is 6.23. The van der Waals surface area contributed by atoms with Crippen molar-refractivity contribution >= 4 is 10.9 Å². The Morgan fingerprint density at radius 3 is 2.84 bits per heavy atom. The molecule has 1 aliphatic carbocycles. The second kappa shape index (κ2) is 5.57. The molecule has 0 spiro atoms. The zero-order valence-electron chi connectivity index (χ0n) is 11.1. The molecule has 1 unspecified atom stereocenters. The van der Waals surface area contributed by atoms with Gasteiger partial charge in [0.15, 0.2) is 0 Å². The summed E-state index contributed by atoms with van der Waals surface area (Å²) in [6.45, 7) is 0.584. The van der Waals surface area contributed by atoms with Crippen molar-refractivity contribution in [2.24, 2.45) is 11.7 Å². The highest BCUT2D eigenvalue weighted by Crippen LogP contribution is 2.28. The average Bonchev–Trinajstić information content (AvgIpc) is 2.99. The van der Waals surface area contributed by atoms with E-state index in [0.717, 1.165) is 16.7 Å². The monoisotopic (exact) mass is 256 g/mol. The van der Waals surface area contributed by atoms with Crippen molar-refractivity contribution in [1.82, 2.24) is 4.98 Å². The van der Waals surface area contributed by atoms with Crippen LogP contribution in [0, 0.1) is 5.92 Å². The van der Waals surface area contributed by atoms with E-state index < -0.39 is 0 Å². The van der Waals surface area contributed by atoms with E-state index in [2.05, 4.69) is 4.98 Å². The predicted molar refractivity (Wildman–Crippen MR) is 77.2 cm³/mol. The topological polar surface area (TPSA) is 48.1 Å². The number of rotatable bonds is 4. The van der Waals surface area contributed by atoms with E-state index in [-0.39, 0.29) is 6.04 Å². The maximum atomic E-state index is 6.23. The molecule has 0 radical (unpaired) electrons. The van der Waals surface area contributed by atoms with Crippen LogP contribution in [-0.4, -0.2) is 17.6 Å². The number of aromatic nitrogens is 1. The summed E-state index contributed by atoms with van der Waals surface area (Å²) in [5.41, 5.74) is 7.15. The molecule has 3 rings (SSSR count). The second-order valence-electron chi connectivity index (χ2n) is 5.35. The van der Waals surface area contributed by atoms with Gasteiger partial charge in [-0.3, -0.25) is 4.98 Å². The quantitative estimate of drug-likeness (QED) is 0.914. The molecule has 1 aromatic carbocycles. The molecule has 1 fully saturated rings. The molecule has 0 amide bonds. The normalized spacial score (nSPS) is 17.7. The Kier molecular flexibility index (Phi) is 3.65. The molecule has 0 aliphatic heterocycles. The Labute approximate surface area is 113 Å². The second-order valence-corrected chi connectivity index (χ2v) is 5.35. The third kappa shape index (κ3) is 2.71. The molecule has 2 N–H and O–H groups in total. The van der Waals surface area contributed by atoms with E-state index in [0.29, 0.717) is 12.5 Å². The molecule has 3 nitrogen and oxygen atoms in total. The van der Waals surface area contributed by atoms with Crippen LogP contribution in [0.4, 0.5) is 0 Å². The summed E-state index contributed by atoms with van der Waals surface area (Å²) in [6.07, 6.45) is 6.92. The van der Waals surface area contributed by atoms with Crippen molar-refractivity contribution in [3.63, 3.8) is 0 Å². The Bertz CT molecular complexity index is 544. The number of hydrogen-bond donors (Lipinski definition) is 1. The fourth-order valence-corrected chi connectivity index (χ4v) is 2.90. The predicted octanol–water partition coefficient (Wildman–Crippen LogP) is 3.13. The van der Waals surface area contributed by atoms with Gasteiger partial charge >= 0.3 is 0 Å². The van der Waals surface area contributed by atoms with Gasteiger partial charge in [0.1, 0.15) is 17.9 Å². The van der Waals surface area contributed by atoms with Gasteiger partial charge in [0.05, 0.1) is 0 Å². The van der Waals surface area contributed by atoms with Crippen LogP contribution in [0.5, 0.6) is 5.75 Å². The fourth-order valence-electron chi connectivity index (χ4n) is 2.90. The summed E-state index contributed by atoms with van der Waals surface area (Å²) >= 11 is 0. The van der Waals surface area contributed by atoms with E-state index in [9.17, 15) is 0 Å². The molecule has 19 heavy (non-hydrogen) atoms. The fraction of sp³-hybridized carbons (Fsp3) is 0.438. The molecule has 2 aromatic rings. The molecular formula is C16H20N2O. The highest BCUT2D eigenvalue weighted by Gasteiger charge is 2.22. The molecule has 1 atom stereocenters. The van der Waals surface area contributed by atoms with E-state index in [1.165, 1.54) is 25.7 Å².